The number of benzene rings is 2. The van der Waals surface area contributed by atoms with Crippen molar-refractivity contribution in [3.05, 3.63) is 66.2 Å². The predicted molar refractivity (Wildman–Crippen MR) is 98.3 cm³/mol. The van der Waals surface area contributed by atoms with Crippen molar-refractivity contribution in [3.63, 3.8) is 0 Å². The van der Waals surface area contributed by atoms with Crippen LogP contribution in [0.1, 0.15) is 29.5 Å². The summed E-state index contributed by atoms with van der Waals surface area (Å²) in [5, 5.41) is 11.4. The van der Waals surface area contributed by atoms with E-state index in [0.717, 1.165) is 23.1 Å². The lowest BCUT2D eigenvalue weighted by molar-refractivity contribution is 0.0456. The Kier molecular flexibility index (Phi) is 4.61. The summed E-state index contributed by atoms with van der Waals surface area (Å²) in [6.07, 6.45) is 2.67. The lowest BCUT2D eigenvalue weighted by atomic mass is 10.2. The molecule has 8 heteroatoms. The van der Waals surface area contributed by atoms with Crippen LogP contribution < -0.4 is 0 Å². The number of fused-ring (bicyclic) bond motifs is 1. The molecule has 27 heavy (non-hydrogen) atoms. The van der Waals surface area contributed by atoms with Gasteiger partial charge in [0.05, 0.1) is 16.6 Å². The molecule has 136 valence electrons. The molecule has 4 rings (SSSR count). The summed E-state index contributed by atoms with van der Waals surface area (Å²) in [5.41, 5.74) is 3.33. The first kappa shape index (κ1) is 16.9. The lowest BCUT2D eigenvalue weighted by Crippen LogP contribution is -2.11. The zero-order chi connectivity index (χ0) is 18.6. The molecule has 0 N–H and O–H groups in total. The Morgan fingerprint density at radius 2 is 1.93 bits per heavy atom. The summed E-state index contributed by atoms with van der Waals surface area (Å²) in [6.45, 7) is 2.76. The fraction of sp³-hybridized carbons (Fsp3) is 0.211. The summed E-state index contributed by atoms with van der Waals surface area (Å²) in [7, 11) is 0. The van der Waals surface area contributed by atoms with Gasteiger partial charge in [0.2, 0.25) is 0 Å². The number of aromatic nitrogens is 6. The minimum absolute atomic E-state index is 0.0414. The molecule has 0 bridgehead atoms. The molecule has 8 nitrogen and oxygen atoms in total. The molecule has 2 heterocycles. The van der Waals surface area contributed by atoms with Gasteiger partial charge in [0.15, 0.2) is 12.4 Å². The molecule has 0 aliphatic rings. The zero-order valence-electron chi connectivity index (χ0n) is 14.8. The first-order valence-electron chi connectivity index (χ1n) is 8.71. The van der Waals surface area contributed by atoms with Crippen molar-refractivity contribution >= 4 is 17.0 Å². The van der Waals surface area contributed by atoms with Gasteiger partial charge in [-0.05, 0) is 53.2 Å². The molecule has 0 aliphatic carbocycles. The SMILES string of the molecule is CCCn1nnnc1COC(=O)c1ccc(-n2cnc3ccccc32)cc1. The van der Waals surface area contributed by atoms with Gasteiger partial charge < -0.3 is 4.74 Å². The Morgan fingerprint density at radius 1 is 1.11 bits per heavy atom. The van der Waals surface area contributed by atoms with Crippen LogP contribution in [0.2, 0.25) is 0 Å². The first-order valence-corrected chi connectivity index (χ1v) is 8.71. The van der Waals surface area contributed by atoms with Crippen molar-refractivity contribution in [2.75, 3.05) is 0 Å². The maximum atomic E-state index is 12.3. The first-order chi connectivity index (χ1) is 13.3. The Hall–Kier alpha value is -3.55. The van der Waals surface area contributed by atoms with Gasteiger partial charge in [0.1, 0.15) is 6.33 Å². The Bertz CT molecular complexity index is 1070. The number of para-hydroxylation sites is 2. The standard InChI is InChI=1S/C19H18N6O2/c1-2-11-25-18(21-22-23-25)12-27-19(26)14-7-9-15(10-8-14)24-13-20-16-5-3-4-6-17(16)24/h3-10,13H,2,11-12H2,1H3. The van der Waals surface area contributed by atoms with E-state index in [1.807, 2.05) is 47.9 Å². The minimum atomic E-state index is -0.414. The van der Waals surface area contributed by atoms with Gasteiger partial charge >= 0.3 is 5.97 Å². The zero-order valence-corrected chi connectivity index (χ0v) is 14.8. The van der Waals surface area contributed by atoms with Crippen molar-refractivity contribution in [1.29, 1.82) is 0 Å². The molecule has 0 saturated heterocycles. The molecule has 0 fully saturated rings. The molecular weight excluding hydrogens is 344 g/mol. The van der Waals surface area contributed by atoms with Gasteiger partial charge in [0, 0.05) is 12.2 Å². The summed E-state index contributed by atoms with van der Waals surface area (Å²) in [5.74, 6) is 0.120. The summed E-state index contributed by atoms with van der Waals surface area (Å²) >= 11 is 0. The van der Waals surface area contributed by atoms with Crippen LogP contribution in [0.25, 0.3) is 16.7 Å². The third-order valence-corrected chi connectivity index (χ3v) is 4.21. The molecular formula is C19H18N6O2. The molecule has 0 saturated carbocycles. The number of ether oxygens (including phenoxy) is 1. The third-order valence-electron chi connectivity index (χ3n) is 4.21. The quantitative estimate of drug-likeness (QED) is 0.490. The van der Waals surface area contributed by atoms with Gasteiger partial charge in [-0.3, -0.25) is 4.57 Å². The van der Waals surface area contributed by atoms with E-state index in [1.165, 1.54) is 0 Å². The van der Waals surface area contributed by atoms with Crippen LogP contribution >= 0.6 is 0 Å². The predicted octanol–water partition coefficient (Wildman–Crippen LogP) is 2.78. The van der Waals surface area contributed by atoms with Crippen LogP contribution in [-0.4, -0.2) is 35.7 Å². The smallest absolute Gasteiger partial charge is 0.338 e. The Balaban J connectivity index is 1.47. The number of hydrogen-bond acceptors (Lipinski definition) is 6. The molecule has 0 radical (unpaired) electrons. The van der Waals surface area contributed by atoms with E-state index in [9.17, 15) is 4.79 Å². The molecule has 0 amide bonds. The number of tetrazole rings is 1. The van der Waals surface area contributed by atoms with Crippen molar-refractivity contribution < 1.29 is 9.53 Å². The second kappa shape index (κ2) is 7.36. The molecule has 0 atom stereocenters. The number of aryl methyl sites for hydroxylation is 1. The van der Waals surface area contributed by atoms with Gasteiger partial charge in [-0.15, -0.1) is 5.10 Å². The van der Waals surface area contributed by atoms with Crippen LogP contribution in [-0.2, 0) is 17.9 Å². The van der Waals surface area contributed by atoms with Crippen molar-refractivity contribution in [3.8, 4) is 5.69 Å². The highest BCUT2D eigenvalue weighted by Gasteiger charge is 2.12. The van der Waals surface area contributed by atoms with E-state index in [-0.39, 0.29) is 6.61 Å². The fourth-order valence-corrected chi connectivity index (χ4v) is 2.85. The highest BCUT2D eigenvalue weighted by Crippen LogP contribution is 2.18. The van der Waals surface area contributed by atoms with E-state index in [4.69, 9.17) is 4.74 Å². The van der Waals surface area contributed by atoms with Crippen molar-refractivity contribution in [1.82, 2.24) is 29.8 Å². The Labute approximate surface area is 155 Å². The third kappa shape index (κ3) is 3.41. The van der Waals surface area contributed by atoms with E-state index in [1.54, 1.807) is 23.1 Å². The number of hydrogen-bond donors (Lipinski definition) is 0. The minimum Gasteiger partial charge on any atom is -0.454 e. The lowest BCUT2D eigenvalue weighted by Gasteiger charge is -2.07. The van der Waals surface area contributed by atoms with E-state index < -0.39 is 5.97 Å². The van der Waals surface area contributed by atoms with Crippen LogP contribution in [0.4, 0.5) is 0 Å². The van der Waals surface area contributed by atoms with Crippen LogP contribution in [0.3, 0.4) is 0 Å². The molecule has 2 aromatic carbocycles. The molecule has 4 aromatic rings. The van der Waals surface area contributed by atoms with Crippen LogP contribution in [0.15, 0.2) is 54.9 Å². The van der Waals surface area contributed by atoms with Crippen LogP contribution in [0, 0.1) is 0 Å². The van der Waals surface area contributed by atoms with Crippen LogP contribution in [0.5, 0.6) is 0 Å². The molecule has 0 spiro atoms. The van der Waals surface area contributed by atoms with Gasteiger partial charge in [-0.2, -0.15) is 0 Å². The summed E-state index contributed by atoms with van der Waals surface area (Å²) < 4.78 is 8.95. The van der Waals surface area contributed by atoms with Gasteiger partial charge in [-0.1, -0.05) is 19.1 Å². The number of rotatable bonds is 6. The summed E-state index contributed by atoms with van der Waals surface area (Å²) in [4.78, 5) is 16.7. The number of imidazole rings is 1. The van der Waals surface area contributed by atoms with E-state index in [2.05, 4.69) is 20.5 Å². The second-order valence-electron chi connectivity index (χ2n) is 6.04. The van der Waals surface area contributed by atoms with Crippen molar-refractivity contribution in [2.45, 2.75) is 26.5 Å². The Morgan fingerprint density at radius 3 is 2.74 bits per heavy atom. The molecule has 0 unspecified atom stereocenters. The van der Waals surface area contributed by atoms with Gasteiger partial charge in [0.25, 0.3) is 0 Å². The van der Waals surface area contributed by atoms with E-state index in [0.29, 0.717) is 17.9 Å². The maximum absolute atomic E-state index is 12.3. The topological polar surface area (TPSA) is 87.7 Å². The number of nitrogens with zero attached hydrogens (tertiary/aromatic N) is 6. The van der Waals surface area contributed by atoms with Crippen molar-refractivity contribution in [2.24, 2.45) is 0 Å². The highest BCUT2D eigenvalue weighted by atomic mass is 16.5. The summed E-state index contributed by atoms with van der Waals surface area (Å²) in [6, 6.07) is 15.1. The highest BCUT2D eigenvalue weighted by molar-refractivity contribution is 5.89. The number of esters is 1. The number of carbonyl (C=O) groups excluding carboxylic acids is 1. The average Bonchev–Trinajstić information content (AvgIpc) is 3.33. The number of carbonyl (C=O) groups is 1. The molecule has 0 aliphatic heterocycles. The van der Waals surface area contributed by atoms with E-state index >= 15 is 0 Å². The maximum Gasteiger partial charge on any atom is 0.338 e. The largest absolute Gasteiger partial charge is 0.454 e. The average molecular weight is 362 g/mol. The van der Waals surface area contributed by atoms with Gasteiger partial charge in [-0.25, -0.2) is 14.5 Å². The molecule has 2 aromatic heterocycles. The fourth-order valence-electron chi connectivity index (χ4n) is 2.85. The monoisotopic (exact) mass is 362 g/mol. The normalized spacial score (nSPS) is 11.0. The second-order valence-corrected chi connectivity index (χ2v) is 6.04.